The Kier molecular flexibility index (Phi) is 3.08. The molecule has 3 aromatic rings. The quantitative estimate of drug-likeness (QED) is 0.788. The van der Waals surface area contributed by atoms with Crippen LogP contribution in [0.4, 0.5) is 5.82 Å². The van der Waals surface area contributed by atoms with Crippen molar-refractivity contribution in [1.29, 1.82) is 0 Å². The van der Waals surface area contributed by atoms with Crippen molar-refractivity contribution in [2.75, 3.05) is 17.2 Å². The molecule has 1 N–H and O–H groups in total. The monoisotopic (exact) mass is 295 g/mol. The molecule has 1 aliphatic rings. The van der Waals surface area contributed by atoms with E-state index in [2.05, 4.69) is 55.3 Å². The number of rotatable bonds is 2. The number of fused-ring (bicyclic) bond motifs is 1. The van der Waals surface area contributed by atoms with Crippen LogP contribution in [0.15, 0.2) is 49.2 Å². The maximum absolute atomic E-state index is 4.41. The molecule has 21 heavy (non-hydrogen) atoms. The van der Waals surface area contributed by atoms with E-state index in [0.29, 0.717) is 0 Å². The molecule has 0 unspecified atom stereocenters. The summed E-state index contributed by atoms with van der Waals surface area (Å²) in [5.41, 5.74) is 2.82. The predicted molar refractivity (Wildman–Crippen MR) is 85.9 cm³/mol. The lowest BCUT2D eigenvalue weighted by Crippen LogP contribution is -2.24. The molecule has 104 valence electrons. The SMILES string of the molecule is C1=C(c2ccccc2)SCCN1c1ncnc2[nH]cnc12. The largest absolute Gasteiger partial charge is 0.329 e. The zero-order valence-corrected chi connectivity index (χ0v) is 12.0. The molecule has 1 aromatic carbocycles. The van der Waals surface area contributed by atoms with E-state index in [0.717, 1.165) is 29.3 Å². The summed E-state index contributed by atoms with van der Waals surface area (Å²) in [6, 6.07) is 10.4. The second-order valence-electron chi connectivity index (χ2n) is 4.70. The Bertz CT molecular complexity index is 796. The summed E-state index contributed by atoms with van der Waals surface area (Å²) >= 11 is 1.87. The van der Waals surface area contributed by atoms with Gasteiger partial charge in [0, 0.05) is 23.4 Å². The fourth-order valence-electron chi connectivity index (χ4n) is 2.39. The highest BCUT2D eigenvalue weighted by Crippen LogP contribution is 2.33. The summed E-state index contributed by atoms with van der Waals surface area (Å²) in [6.07, 6.45) is 5.39. The van der Waals surface area contributed by atoms with Gasteiger partial charge in [0.25, 0.3) is 0 Å². The number of aromatic nitrogens is 4. The van der Waals surface area contributed by atoms with Gasteiger partial charge in [0.1, 0.15) is 6.33 Å². The van der Waals surface area contributed by atoms with Gasteiger partial charge in [0.15, 0.2) is 17.0 Å². The molecule has 2 aromatic heterocycles. The number of H-pyrrole nitrogens is 1. The molecule has 0 radical (unpaired) electrons. The van der Waals surface area contributed by atoms with Crippen LogP contribution in [0.3, 0.4) is 0 Å². The summed E-state index contributed by atoms with van der Waals surface area (Å²) in [5, 5.41) is 0. The first-order valence-corrected chi connectivity index (χ1v) is 7.71. The second-order valence-corrected chi connectivity index (χ2v) is 5.84. The third-order valence-electron chi connectivity index (χ3n) is 3.39. The van der Waals surface area contributed by atoms with Crippen molar-refractivity contribution in [2.24, 2.45) is 0 Å². The Labute approximate surface area is 126 Å². The fraction of sp³-hybridized carbons (Fsp3) is 0.133. The maximum atomic E-state index is 4.41. The van der Waals surface area contributed by atoms with E-state index in [1.807, 2.05) is 17.8 Å². The first kappa shape index (κ1) is 12.4. The highest BCUT2D eigenvalue weighted by atomic mass is 32.2. The number of imidazole rings is 1. The molecule has 0 amide bonds. The van der Waals surface area contributed by atoms with Gasteiger partial charge in [-0.05, 0) is 5.56 Å². The van der Waals surface area contributed by atoms with E-state index in [4.69, 9.17) is 0 Å². The Morgan fingerprint density at radius 3 is 2.90 bits per heavy atom. The van der Waals surface area contributed by atoms with Crippen LogP contribution in [0.1, 0.15) is 5.56 Å². The highest BCUT2D eigenvalue weighted by molar-refractivity contribution is 8.08. The average molecular weight is 295 g/mol. The van der Waals surface area contributed by atoms with Gasteiger partial charge in [-0.15, -0.1) is 11.8 Å². The lowest BCUT2D eigenvalue weighted by Gasteiger charge is -2.25. The normalized spacial score (nSPS) is 15.2. The summed E-state index contributed by atoms with van der Waals surface area (Å²) < 4.78 is 0. The average Bonchev–Trinajstić information content (AvgIpc) is 3.04. The van der Waals surface area contributed by atoms with Crippen LogP contribution in [0.2, 0.25) is 0 Å². The predicted octanol–water partition coefficient (Wildman–Crippen LogP) is 2.90. The number of hydrogen-bond acceptors (Lipinski definition) is 5. The third-order valence-corrected chi connectivity index (χ3v) is 4.43. The van der Waals surface area contributed by atoms with Crippen LogP contribution in [0, 0.1) is 0 Å². The second kappa shape index (κ2) is 5.21. The smallest absolute Gasteiger partial charge is 0.164 e. The van der Waals surface area contributed by atoms with Gasteiger partial charge in [-0.25, -0.2) is 15.0 Å². The number of thioether (sulfide) groups is 1. The van der Waals surface area contributed by atoms with Gasteiger partial charge >= 0.3 is 0 Å². The molecular weight excluding hydrogens is 282 g/mol. The lowest BCUT2D eigenvalue weighted by atomic mass is 10.2. The zero-order chi connectivity index (χ0) is 14.1. The summed E-state index contributed by atoms with van der Waals surface area (Å²) in [6.45, 7) is 0.917. The zero-order valence-electron chi connectivity index (χ0n) is 11.2. The molecule has 3 heterocycles. The van der Waals surface area contributed by atoms with Gasteiger partial charge in [-0.2, -0.15) is 0 Å². The molecule has 0 bridgehead atoms. The molecule has 0 saturated heterocycles. The van der Waals surface area contributed by atoms with Crippen molar-refractivity contribution >= 4 is 33.6 Å². The number of anilines is 1. The van der Waals surface area contributed by atoms with Gasteiger partial charge in [-0.3, -0.25) is 0 Å². The van der Waals surface area contributed by atoms with Crippen molar-refractivity contribution in [2.45, 2.75) is 0 Å². The molecule has 0 aliphatic carbocycles. The molecule has 0 saturated carbocycles. The molecule has 1 aliphatic heterocycles. The van der Waals surface area contributed by atoms with Crippen molar-refractivity contribution in [3.63, 3.8) is 0 Å². The van der Waals surface area contributed by atoms with E-state index >= 15 is 0 Å². The third kappa shape index (κ3) is 2.27. The number of aromatic amines is 1. The molecule has 0 fully saturated rings. The van der Waals surface area contributed by atoms with E-state index in [-0.39, 0.29) is 0 Å². The lowest BCUT2D eigenvalue weighted by molar-refractivity contribution is 0.985. The fourth-order valence-corrected chi connectivity index (χ4v) is 3.40. The van der Waals surface area contributed by atoms with Gasteiger partial charge < -0.3 is 9.88 Å². The van der Waals surface area contributed by atoms with Crippen LogP contribution < -0.4 is 4.90 Å². The standard InChI is InChI=1S/C15H13N5S/c1-2-4-11(5-3-1)12-8-20(6-7-21-12)15-13-14(17-9-16-13)18-10-19-15/h1-5,8-10H,6-7H2,(H,16,17,18,19). The number of benzene rings is 1. The van der Waals surface area contributed by atoms with E-state index in [9.17, 15) is 0 Å². The summed E-state index contributed by atoms with van der Waals surface area (Å²) in [4.78, 5) is 19.4. The number of hydrogen-bond donors (Lipinski definition) is 1. The highest BCUT2D eigenvalue weighted by Gasteiger charge is 2.18. The molecule has 5 nitrogen and oxygen atoms in total. The van der Waals surface area contributed by atoms with Crippen molar-refractivity contribution in [3.05, 3.63) is 54.7 Å². The number of nitrogens with one attached hydrogen (secondary N) is 1. The van der Waals surface area contributed by atoms with Crippen molar-refractivity contribution in [1.82, 2.24) is 19.9 Å². The van der Waals surface area contributed by atoms with Crippen molar-refractivity contribution < 1.29 is 0 Å². The first-order chi connectivity index (χ1) is 10.4. The first-order valence-electron chi connectivity index (χ1n) is 6.72. The topological polar surface area (TPSA) is 57.7 Å². The Morgan fingerprint density at radius 2 is 2.00 bits per heavy atom. The Morgan fingerprint density at radius 1 is 1.10 bits per heavy atom. The van der Waals surface area contributed by atoms with Gasteiger partial charge in [0.2, 0.25) is 0 Å². The summed E-state index contributed by atoms with van der Waals surface area (Å²) in [5.74, 6) is 1.88. The minimum absolute atomic E-state index is 0.771. The van der Waals surface area contributed by atoms with E-state index in [1.165, 1.54) is 10.5 Å². The summed E-state index contributed by atoms with van der Waals surface area (Å²) in [7, 11) is 0. The molecule has 0 atom stereocenters. The maximum Gasteiger partial charge on any atom is 0.164 e. The van der Waals surface area contributed by atoms with E-state index < -0.39 is 0 Å². The van der Waals surface area contributed by atoms with Crippen LogP contribution in [-0.2, 0) is 0 Å². The minimum atomic E-state index is 0.771. The van der Waals surface area contributed by atoms with Crippen LogP contribution in [0.25, 0.3) is 16.1 Å². The van der Waals surface area contributed by atoms with Crippen LogP contribution in [-0.4, -0.2) is 32.2 Å². The van der Waals surface area contributed by atoms with Gasteiger partial charge in [0.05, 0.1) is 6.33 Å². The molecule has 6 heteroatoms. The number of nitrogens with zero attached hydrogens (tertiary/aromatic N) is 4. The Hall–Kier alpha value is -2.34. The molecular formula is C15H13N5S. The van der Waals surface area contributed by atoms with Crippen LogP contribution in [0.5, 0.6) is 0 Å². The molecule has 4 rings (SSSR count). The molecule has 0 spiro atoms. The Balaban J connectivity index is 1.77. The van der Waals surface area contributed by atoms with Gasteiger partial charge in [-0.1, -0.05) is 30.3 Å². The van der Waals surface area contributed by atoms with Crippen LogP contribution >= 0.6 is 11.8 Å². The van der Waals surface area contributed by atoms with Crippen molar-refractivity contribution in [3.8, 4) is 0 Å². The van der Waals surface area contributed by atoms with E-state index in [1.54, 1.807) is 12.7 Å². The minimum Gasteiger partial charge on any atom is -0.329 e.